The Balaban J connectivity index is 1.38. The Morgan fingerprint density at radius 3 is 2.77 bits per heavy atom. The van der Waals surface area contributed by atoms with Crippen molar-refractivity contribution in [3.63, 3.8) is 0 Å². The number of aromatic nitrogens is 2. The maximum absolute atomic E-state index is 12.8. The normalized spacial score (nSPS) is 17.1. The Labute approximate surface area is 177 Å². The summed E-state index contributed by atoms with van der Waals surface area (Å²) in [6.45, 7) is 8.35. The van der Waals surface area contributed by atoms with Gasteiger partial charge in [-0.2, -0.15) is 4.98 Å². The van der Waals surface area contributed by atoms with Crippen LogP contribution in [0.3, 0.4) is 0 Å². The first kappa shape index (κ1) is 20.3. The van der Waals surface area contributed by atoms with Crippen molar-refractivity contribution in [1.82, 2.24) is 15.0 Å². The Morgan fingerprint density at radius 1 is 1.13 bits per heavy atom. The molecule has 1 amide bonds. The third-order valence-electron chi connectivity index (χ3n) is 5.86. The number of piperidine rings is 1. The third-order valence-corrected chi connectivity index (χ3v) is 5.86. The molecule has 0 bridgehead atoms. The smallest absolute Gasteiger partial charge is 0.241 e. The summed E-state index contributed by atoms with van der Waals surface area (Å²) >= 11 is 0. The lowest BCUT2D eigenvalue weighted by atomic mass is 9.97. The van der Waals surface area contributed by atoms with E-state index in [0.29, 0.717) is 24.8 Å². The zero-order valence-electron chi connectivity index (χ0n) is 17.8. The van der Waals surface area contributed by atoms with E-state index >= 15 is 0 Å². The molecule has 156 valence electrons. The number of carbonyl (C=O) groups is 1. The number of anilines is 1. The summed E-state index contributed by atoms with van der Waals surface area (Å²) in [6, 6.07) is 14.0. The maximum Gasteiger partial charge on any atom is 0.241 e. The van der Waals surface area contributed by atoms with Crippen LogP contribution in [0.25, 0.3) is 11.4 Å². The Kier molecular flexibility index (Phi) is 5.95. The van der Waals surface area contributed by atoms with Crippen LogP contribution in [0.2, 0.25) is 0 Å². The minimum Gasteiger partial charge on any atom is -0.338 e. The molecule has 1 atom stereocenters. The molecular formula is C24H28N4O2. The van der Waals surface area contributed by atoms with Crippen molar-refractivity contribution >= 4 is 11.6 Å². The topological polar surface area (TPSA) is 71.3 Å². The largest absolute Gasteiger partial charge is 0.338 e. The quantitative estimate of drug-likeness (QED) is 0.677. The van der Waals surface area contributed by atoms with Crippen LogP contribution in [0.4, 0.5) is 5.69 Å². The highest BCUT2D eigenvalue weighted by molar-refractivity contribution is 5.92. The summed E-state index contributed by atoms with van der Waals surface area (Å²) in [5.74, 6) is 1.24. The minimum absolute atomic E-state index is 0.0425. The molecule has 2 aromatic carbocycles. The highest BCUT2D eigenvalue weighted by Gasteiger charge is 2.27. The van der Waals surface area contributed by atoms with Crippen molar-refractivity contribution in [2.24, 2.45) is 5.92 Å². The molecule has 3 aromatic rings. The Bertz CT molecular complexity index is 1040. The fourth-order valence-corrected chi connectivity index (χ4v) is 3.92. The van der Waals surface area contributed by atoms with Crippen molar-refractivity contribution in [3.8, 4) is 11.4 Å². The number of amides is 1. The molecule has 0 saturated carbocycles. The van der Waals surface area contributed by atoms with E-state index in [9.17, 15) is 4.79 Å². The predicted octanol–water partition coefficient (Wildman–Crippen LogP) is 4.51. The van der Waals surface area contributed by atoms with Gasteiger partial charge in [0, 0.05) is 17.8 Å². The summed E-state index contributed by atoms with van der Waals surface area (Å²) < 4.78 is 5.49. The fourth-order valence-electron chi connectivity index (χ4n) is 3.92. The first-order chi connectivity index (χ1) is 14.5. The second-order valence-electron chi connectivity index (χ2n) is 8.19. The molecule has 1 aromatic heterocycles. The third kappa shape index (κ3) is 4.60. The van der Waals surface area contributed by atoms with Crippen molar-refractivity contribution in [2.45, 2.75) is 40.2 Å². The van der Waals surface area contributed by atoms with Crippen LogP contribution in [0.15, 0.2) is 47.0 Å². The molecular weight excluding hydrogens is 376 g/mol. The van der Waals surface area contributed by atoms with Gasteiger partial charge in [0.15, 0.2) is 0 Å². The molecule has 6 heteroatoms. The molecule has 0 radical (unpaired) electrons. The molecule has 1 N–H and O–H groups in total. The molecule has 30 heavy (non-hydrogen) atoms. The number of nitrogens with one attached hydrogen (secondary N) is 1. The average Bonchev–Trinajstić information content (AvgIpc) is 3.19. The van der Waals surface area contributed by atoms with Gasteiger partial charge in [0.05, 0.1) is 12.5 Å². The van der Waals surface area contributed by atoms with Crippen LogP contribution in [-0.4, -0.2) is 34.0 Å². The van der Waals surface area contributed by atoms with E-state index in [1.54, 1.807) is 0 Å². The van der Waals surface area contributed by atoms with Gasteiger partial charge in [-0.3, -0.25) is 9.69 Å². The lowest BCUT2D eigenvalue weighted by molar-refractivity contribution is -0.121. The highest BCUT2D eigenvalue weighted by Crippen LogP contribution is 2.23. The Hall–Kier alpha value is -2.99. The summed E-state index contributed by atoms with van der Waals surface area (Å²) in [6.07, 6.45) is 1.87. The van der Waals surface area contributed by atoms with Gasteiger partial charge < -0.3 is 9.84 Å². The number of aryl methyl sites for hydroxylation is 3. The minimum atomic E-state index is -0.0425. The summed E-state index contributed by atoms with van der Waals surface area (Å²) in [4.78, 5) is 19.6. The summed E-state index contributed by atoms with van der Waals surface area (Å²) in [5, 5.41) is 7.22. The number of hydrogen-bond donors (Lipinski definition) is 1. The number of nitrogens with zero attached hydrogens (tertiary/aromatic N) is 3. The number of likely N-dealkylation sites (tertiary alicyclic amines) is 1. The van der Waals surface area contributed by atoms with Crippen molar-refractivity contribution in [3.05, 3.63) is 65.0 Å². The van der Waals surface area contributed by atoms with Crippen LogP contribution in [0.1, 0.15) is 35.4 Å². The predicted molar refractivity (Wildman–Crippen MR) is 117 cm³/mol. The van der Waals surface area contributed by atoms with E-state index in [0.717, 1.165) is 36.2 Å². The van der Waals surface area contributed by atoms with E-state index < -0.39 is 0 Å². The second kappa shape index (κ2) is 8.79. The van der Waals surface area contributed by atoms with Gasteiger partial charge in [0.2, 0.25) is 17.6 Å². The lowest BCUT2D eigenvalue weighted by Crippen LogP contribution is -2.40. The summed E-state index contributed by atoms with van der Waals surface area (Å²) in [7, 11) is 0. The number of carbonyl (C=O) groups excluding carboxylic acids is 1. The molecule has 6 nitrogen and oxygen atoms in total. The van der Waals surface area contributed by atoms with Crippen molar-refractivity contribution < 1.29 is 9.32 Å². The lowest BCUT2D eigenvalue weighted by Gasteiger charge is -2.30. The van der Waals surface area contributed by atoms with Gasteiger partial charge in [-0.05, 0) is 69.0 Å². The van der Waals surface area contributed by atoms with Crippen molar-refractivity contribution in [2.75, 3.05) is 18.4 Å². The van der Waals surface area contributed by atoms with Crippen LogP contribution >= 0.6 is 0 Å². The molecule has 1 unspecified atom stereocenters. The molecule has 1 aliphatic rings. The van der Waals surface area contributed by atoms with E-state index in [2.05, 4.69) is 34.2 Å². The molecule has 4 rings (SSSR count). The van der Waals surface area contributed by atoms with Crippen LogP contribution < -0.4 is 5.32 Å². The number of benzene rings is 2. The van der Waals surface area contributed by atoms with Gasteiger partial charge in [-0.15, -0.1) is 0 Å². The average molecular weight is 405 g/mol. The molecule has 1 saturated heterocycles. The van der Waals surface area contributed by atoms with Gasteiger partial charge in [0.1, 0.15) is 0 Å². The molecule has 1 aliphatic heterocycles. The number of hydrogen-bond acceptors (Lipinski definition) is 5. The molecule has 1 fully saturated rings. The first-order valence-corrected chi connectivity index (χ1v) is 10.5. The van der Waals surface area contributed by atoms with Crippen molar-refractivity contribution in [1.29, 1.82) is 0 Å². The zero-order chi connectivity index (χ0) is 21.1. The van der Waals surface area contributed by atoms with Crippen LogP contribution in [0.5, 0.6) is 0 Å². The summed E-state index contributed by atoms with van der Waals surface area (Å²) in [5.41, 5.74) is 5.36. The first-order valence-electron chi connectivity index (χ1n) is 10.5. The molecule has 0 spiro atoms. The van der Waals surface area contributed by atoms with Gasteiger partial charge in [-0.1, -0.05) is 35.5 Å². The molecule has 0 aliphatic carbocycles. The second-order valence-corrected chi connectivity index (χ2v) is 8.19. The fraction of sp³-hybridized carbons (Fsp3) is 0.375. The van der Waals surface area contributed by atoms with Gasteiger partial charge in [0.25, 0.3) is 0 Å². The standard InChI is InChI=1S/C24H28N4O2/c1-16-10-11-20(13-18(16)3)25-24(29)19-8-6-12-28(14-19)15-22-26-23(27-30-22)21-9-5-4-7-17(21)2/h4-5,7,9-11,13,19H,6,8,12,14-15H2,1-3H3,(H,25,29). The van der Waals surface area contributed by atoms with E-state index in [4.69, 9.17) is 4.52 Å². The monoisotopic (exact) mass is 404 g/mol. The van der Waals surface area contributed by atoms with Crippen LogP contribution in [0, 0.1) is 26.7 Å². The highest BCUT2D eigenvalue weighted by atomic mass is 16.5. The van der Waals surface area contributed by atoms with E-state index in [1.165, 1.54) is 11.1 Å². The SMILES string of the molecule is Cc1ccc(NC(=O)C2CCCN(Cc3nc(-c4ccccc4C)no3)C2)cc1C. The van der Waals surface area contributed by atoms with Crippen LogP contribution in [-0.2, 0) is 11.3 Å². The molecule has 2 heterocycles. The van der Waals surface area contributed by atoms with E-state index in [1.807, 2.05) is 49.4 Å². The van der Waals surface area contributed by atoms with Gasteiger partial charge in [-0.25, -0.2) is 0 Å². The maximum atomic E-state index is 12.8. The number of rotatable bonds is 5. The van der Waals surface area contributed by atoms with Gasteiger partial charge >= 0.3 is 0 Å². The zero-order valence-corrected chi connectivity index (χ0v) is 17.8. The Morgan fingerprint density at radius 2 is 1.97 bits per heavy atom. The van der Waals surface area contributed by atoms with E-state index in [-0.39, 0.29) is 11.8 Å².